The highest BCUT2D eigenvalue weighted by molar-refractivity contribution is 7.17. The molecule has 0 saturated heterocycles. The van der Waals surface area contributed by atoms with Gasteiger partial charge in [-0.25, -0.2) is 4.79 Å². The molecular formula is C24H25NO5S. The number of amides is 1. The van der Waals surface area contributed by atoms with Crippen LogP contribution in [0.3, 0.4) is 0 Å². The van der Waals surface area contributed by atoms with Gasteiger partial charge in [0.2, 0.25) is 5.91 Å². The Hall–Kier alpha value is -3.32. The number of nitrogens with one attached hydrogen (secondary N) is 1. The molecule has 0 aliphatic rings. The molecule has 162 valence electrons. The molecule has 1 heterocycles. The molecule has 0 radical (unpaired) electrons. The fraction of sp³-hybridized carbons (Fsp3) is 0.250. The maximum absolute atomic E-state index is 12.8. The van der Waals surface area contributed by atoms with Crippen molar-refractivity contribution in [2.24, 2.45) is 0 Å². The molecule has 0 aliphatic heterocycles. The highest BCUT2D eigenvalue weighted by atomic mass is 32.1. The molecule has 0 unspecified atom stereocenters. The zero-order valence-electron chi connectivity index (χ0n) is 18.2. The van der Waals surface area contributed by atoms with E-state index in [1.165, 1.54) is 18.4 Å². The lowest BCUT2D eigenvalue weighted by atomic mass is 10.0. The predicted molar refractivity (Wildman–Crippen MR) is 122 cm³/mol. The summed E-state index contributed by atoms with van der Waals surface area (Å²) in [6.07, 6.45) is 0.0879. The Kier molecular flexibility index (Phi) is 6.97. The molecule has 3 aromatic rings. The third kappa shape index (κ3) is 4.88. The zero-order valence-corrected chi connectivity index (χ0v) is 19.0. The minimum absolute atomic E-state index is 0.0879. The van der Waals surface area contributed by atoms with Crippen molar-refractivity contribution in [2.75, 3.05) is 26.6 Å². The predicted octanol–water partition coefficient (Wildman–Crippen LogP) is 5.02. The van der Waals surface area contributed by atoms with Crippen molar-refractivity contribution in [1.29, 1.82) is 0 Å². The molecule has 0 saturated carbocycles. The minimum atomic E-state index is -0.489. The Labute approximate surface area is 185 Å². The van der Waals surface area contributed by atoms with E-state index in [9.17, 15) is 9.59 Å². The summed E-state index contributed by atoms with van der Waals surface area (Å²) in [5.41, 5.74) is 3.88. The first-order valence-corrected chi connectivity index (χ1v) is 10.5. The van der Waals surface area contributed by atoms with Crippen LogP contribution in [0.25, 0.3) is 11.1 Å². The van der Waals surface area contributed by atoms with E-state index in [0.29, 0.717) is 27.6 Å². The number of carbonyl (C=O) groups is 2. The number of ether oxygens (including phenoxy) is 3. The average molecular weight is 440 g/mol. The fourth-order valence-electron chi connectivity index (χ4n) is 3.34. The molecule has 0 atom stereocenters. The molecule has 1 amide bonds. The topological polar surface area (TPSA) is 73.9 Å². The number of methoxy groups -OCH3 is 3. The molecule has 0 fully saturated rings. The summed E-state index contributed by atoms with van der Waals surface area (Å²) in [6.45, 7) is 3.93. The summed E-state index contributed by atoms with van der Waals surface area (Å²) < 4.78 is 15.6. The lowest BCUT2D eigenvalue weighted by Gasteiger charge is -2.11. The molecule has 1 N–H and O–H groups in total. The van der Waals surface area contributed by atoms with E-state index in [4.69, 9.17) is 14.2 Å². The first kappa shape index (κ1) is 22.4. The van der Waals surface area contributed by atoms with Gasteiger partial charge in [-0.1, -0.05) is 35.9 Å². The normalized spacial score (nSPS) is 10.5. The number of hydrogen-bond donors (Lipinski definition) is 1. The number of thiophene rings is 1. The van der Waals surface area contributed by atoms with Crippen LogP contribution in [-0.2, 0) is 16.0 Å². The van der Waals surface area contributed by atoms with Gasteiger partial charge in [-0.05, 0) is 25.5 Å². The summed E-state index contributed by atoms with van der Waals surface area (Å²) in [7, 11) is 4.45. The number of anilines is 1. The van der Waals surface area contributed by atoms with Crippen LogP contribution in [0, 0.1) is 13.8 Å². The molecule has 2 aromatic carbocycles. The van der Waals surface area contributed by atoms with Crippen molar-refractivity contribution in [1.82, 2.24) is 0 Å². The van der Waals surface area contributed by atoms with E-state index in [0.717, 1.165) is 21.6 Å². The second-order valence-corrected chi connectivity index (χ2v) is 8.22. The number of carbonyl (C=O) groups excluding carboxylic acids is 2. The van der Waals surface area contributed by atoms with Crippen LogP contribution in [-0.4, -0.2) is 33.2 Å². The van der Waals surface area contributed by atoms with Gasteiger partial charge in [0.25, 0.3) is 0 Å². The monoisotopic (exact) mass is 439 g/mol. The van der Waals surface area contributed by atoms with Gasteiger partial charge in [0.15, 0.2) is 0 Å². The van der Waals surface area contributed by atoms with Crippen molar-refractivity contribution in [3.8, 4) is 22.6 Å². The van der Waals surface area contributed by atoms with E-state index in [-0.39, 0.29) is 12.3 Å². The lowest BCUT2D eigenvalue weighted by Crippen LogP contribution is -2.16. The van der Waals surface area contributed by atoms with Gasteiger partial charge in [0.1, 0.15) is 22.1 Å². The molecule has 0 spiro atoms. The second-order valence-electron chi connectivity index (χ2n) is 7.00. The van der Waals surface area contributed by atoms with Gasteiger partial charge in [-0.15, -0.1) is 11.3 Å². The van der Waals surface area contributed by atoms with E-state index in [1.54, 1.807) is 32.4 Å². The summed E-state index contributed by atoms with van der Waals surface area (Å²) in [4.78, 5) is 26.4. The number of esters is 1. The quantitative estimate of drug-likeness (QED) is 0.524. The molecular weight excluding hydrogens is 414 g/mol. The van der Waals surface area contributed by atoms with E-state index in [2.05, 4.69) is 5.32 Å². The maximum atomic E-state index is 12.8. The number of hydrogen-bond acceptors (Lipinski definition) is 6. The summed E-state index contributed by atoms with van der Waals surface area (Å²) in [5, 5.41) is 3.36. The molecule has 1 aromatic heterocycles. The number of aryl methyl sites for hydroxylation is 2. The van der Waals surface area contributed by atoms with Gasteiger partial charge in [0, 0.05) is 22.1 Å². The van der Waals surface area contributed by atoms with E-state index >= 15 is 0 Å². The van der Waals surface area contributed by atoms with Crippen LogP contribution in [0.2, 0.25) is 0 Å². The first-order chi connectivity index (χ1) is 14.9. The van der Waals surface area contributed by atoms with Crippen LogP contribution in [0.1, 0.15) is 26.4 Å². The first-order valence-electron chi connectivity index (χ1n) is 9.67. The molecule has 31 heavy (non-hydrogen) atoms. The Morgan fingerprint density at radius 1 is 0.968 bits per heavy atom. The molecule has 3 rings (SSSR count). The molecule has 0 bridgehead atoms. The Balaban J connectivity index is 1.92. The highest BCUT2D eigenvalue weighted by Gasteiger charge is 2.25. The summed E-state index contributed by atoms with van der Waals surface area (Å²) in [6, 6.07) is 13.2. The number of rotatable bonds is 7. The van der Waals surface area contributed by atoms with Gasteiger partial charge in [0.05, 0.1) is 27.8 Å². The van der Waals surface area contributed by atoms with Gasteiger partial charge in [-0.2, -0.15) is 0 Å². The molecule has 7 heteroatoms. The van der Waals surface area contributed by atoms with Crippen LogP contribution in [0.15, 0.2) is 42.5 Å². The van der Waals surface area contributed by atoms with Crippen molar-refractivity contribution in [3.05, 3.63) is 64.0 Å². The fourth-order valence-corrected chi connectivity index (χ4v) is 4.42. The van der Waals surface area contributed by atoms with E-state index in [1.807, 2.05) is 38.1 Å². The summed E-state index contributed by atoms with van der Waals surface area (Å²) in [5.74, 6) is 0.457. The van der Waals surface area contributed by atoms with Crippen molar-refractivity contribution >= 4 is 28.2 Å². The Bertz CT molecular complexity index is 1100. The summed E-state index contributed by atoms with van der Waals surface area (Å²) >= 11 is 1.35. The van der Waals surface area contributed by atoms with Crippen molar-refractivity contribution in [3.63, 3.8) is 0 Å². The van der Waals surface area contributed by atoms with Gasteiger partial charge in [-0.3, -0.25) is 4.79 Å². The maximum Gasteiger partial charge on any atom is 0.341 e. The minimum Gasteiger partial charge on any atom is -0.497 e. The largest absolute Gasteiger partial charge is 0.497 e. The Morgan fingerprint density at radius 3 is 2.29 bits per heavy atom. The van der Waals surface area contributed by atoms with Crippen molar-refractivity contribution in [2.45, 2.75) is 20.3 Å². The third-order valence-corrected chi connectivity index (χ3v) is 5.93. The van der Waals surface area contributed by atoms with Crippen LogP contribution >= 0.6 is 11.3 Å². The second kappa shape index (κ2) is 9.66. The molecule has 6 nitrogen and oxygen atoms in total. The van der Waals surface area contributed by atoms with E-state index < -0.39 is 5.97 Å². The smallest absolute Gasteiger partial charge is 0.341 e. The van der Waals surface area contributed by atoms with Crippen LogP contribution in [0.5, 0.6) is 11.5 Å². The average Bonchev–Trinajstić information content (AvgIpc) is 3.09. The number of benzene rings is 2. The molecule has 0 aliphatic carbocycles. The van der Waals surface area contributed by atoms with Crippen molar-refractivity contribution < 1.29 is 23.8 Å². The SMILES string of the molecule is COC(=O)c1c(NC(=O)Cc2ccc(OC)cc2OC)sc(C)c1-c1ccc(C)cc1. The zero-order chi connectivity index (χ0) is 22.5. The van der Waals surface area contributed by atoms with Gasteiger partial charge >= 0.3 is 5.97 Å². The van der Waals surface area contributed by atoms with Crippen LogP contribution < -0.4 is 14.8 Å². The standard InChI is InChI=1S/C24H25NO5S/c1-14-6-8-16(9-7-14)21-15(2)31-23(22(21)24(27)30-5)25-20(26)12-17-10-11-18(28-3)13-19(17)29-4/h6-11,13H,12H2,1-5H3,(H,25,26). The van der Waals surface area contributed by atoms with Gasteiger partial charge < -0.3 is 19.5 Å². The van der Waals surface area contributed by atoms with Crippen LogP contribution in [0.4, 0.5) is 5.00 Å². The third-order valence-electron chi connectivity index (χ3n) is 4.91. The lowest BCUT2D eigenvalue weighted by molar-refractivity contribution is -0.115. The Morgan fingerprint density at radius 2 is 1.68 bits per heavy atom. The highest BCUT2D eigenvalue weighted by Crippen LogP contribution is 2.40.